The van der Waals surface area contributed by atoms with Crippen LogP contribution in [-0.4, -0.2) is 24.8 Å². The zero-order chi connectivity index (χ0) is 14.4. The second-order valence-corrected chi connectivity index (χ2v) is 7.27. The van der Waals surface area contributed by atoms with Crippen LogP contribution in [0.1, 0.15) is 72.6 Å². The van der Waals surface area contributed by atoms with E-state index in [1.807, 2.05) is 0 Å². The van der Waals surface area contributed by atoms with Gasteiger partial charge in [0.25, 0.3) is 0 Å². The lowest BCUT2D eigenvalue weighted by Gasteiger charge is -2.35. The van der Waals surface area contributed by atoms with E-state index in [0.717, 1.165) is 31.8 Å². The minimum absolute atomic E-state index is 0.0949. The molecular weight excluding hydrogens is 234 g/mol. The molecule has 0 unspecified atom stereocenters. The number of aliphatic hydroxyl groups is 1. The van der Waals surface area contributed by atoms with Gasteiger partial charge >= 0.3 is 0 Å². The van der Waals surface area contributed by atoms with Crippen molar-refractivity contribution >= 4 is 0 Å². The Morgan fingerprint density at radius 3 is 2.16 bits per heavy atom. The molecule has 114 valence electrons. The van der Waals surface area contributed by atoms with Crippen molar-refractivity contribution in [2.24, 2.45) is 16.7 Å². The molecule has 0 bridgehead atoms. The fourth-order valence-electron chi connectivity index (χ4n) is 3.82. The van der Waals surface area contributed by atoms with E-state index in [-0.39, 0.29) is 5.41 Å². The summed E-state index contributed by atoms with van der Waals surface area (Å²) in [6, 6.07) is 0. The molecule has 2 nitrogen and oxygen atoms in total. The maximum Gasteiger partial charge on any atom is 0.0499 e. The average Bonchev–Trinajstić information content (AvgIpc) is 2.83. The van der Waals surface area contributed by atoms with E-state index in [4.69, 9.17) is 0 Å². The summed E-state index contributed by atoms with van der Waals surface area (Å²) in [7, 11) is 0. The van der Waals surface area contributed by atoms with Gasteiger partial charge in [-0.05, 0) is 43.4 Å². The van der Waals surface area contributed by atoms with Crippen molar-refractivity contribution in [2.45, 2.75) is 72.6 Å². The van der Waals surface area contributed by atoms with Crippen LogP contribution in [0.4, 0.5) is 0 Å². The quantitative estimate of drug-likeness (QED) is 0.663. The predicted octanol–water partition coefficient (Wildman–Crippen LogP) is 3.98. The monoisotopic (exact) mass is 269 g/mol. The molecule has 1 rings (SSSR count). The first-order valence-electron chi connectivity index (χ1n) is 8.33. The predicted molar refractivity (Wildman–Crippen MR) is 83.3 cm³/mol. The fraction of sp³-hybridized carbons (Fsp3) is 1.00. The summed E-state index contributed by atoms with van der Waals surface area (Å²) in [6.45, 7) is 11.5. The van der Waals surface area contributed by atoms with Crippen LogP contribution in [0.2, 0.25) is 0 Å². The molecule has 1 aliphatic carbocycles. The lowest BCUT2D eigenvalue weighted by atomic mass is 9.77. The molecule has 2 N–H and O–H groups in total. The van der Waals surface area contributed by atoms with Gasteiger partial charge in [-0.15, -0.1) is 0 Å². The summed E-state index contributed by atoms with van der Waals surface area (Å²) < 4.78 is 0. The van der Waals surface area contributed by atoms with Gasteiger partial charge in [-0.1, -0.05) is 40.5 Å². The van der Waals surface area contributed by atoms with Crippen LogP contribution in [0.25, 0.3) is 0 Å². The highest BCUT2D eigenvalue weighted by Crippen LogP contribution is 2.42. The van der Waals surface area contributed by atoms with Crippen molar-refractivity contribution in [1.82, 2.24) is 5.32 Å². The van der Waals surface area contributed by atoms with Crippen molar-refractivity contribution in [1.29, 1.82) is 0 Å². The van der Waals surface area contributed by atoms with Gasteiger partial charge in [0.1, 0.15) is 0 Å². The summed E-state index contributed by atoms with van der Waals surface area (Å²) in [5.41, 5.74) is 0.633. The molecule has 0 radical (unpaired) electrons. The Bertz CT molecular complexity index is 231. The van der Waals surface area contributed by atoms with E-state index in [2.05, 4.69) is 33.0 Å². The first-order valence-corrected chi connectivity index (χ1v) is 8.33. The van der Waals surface area contributed by atoms with Gasteiger partial charge < -0.3 is 10.4 Å². The van der Waals surface area contributed by atoms with Gasteiger partial charge in [0.15, 0.2) is 0 Å². The molecule has 1 aliphatic rings. The average molecular weight is 269 g/mol. The number of hydrogen-bond donors (Lipinski definition) is 2. The van der Waals surface area contributed by atoms with E-state index in [1.165, 1.54) is 32.1 Å². The standard InChI is InChI=1S/C17H35NO/c1-5-16(6-2,14-19)12-18-13-17(11-15(3)4)9-7-8-10-17/h15,18-19H,5-14H2,1-4H3. The second kappa shape index (κ2) is 7.64. The number of rotatable bonds is 9. The topological polar surface area (TPSA) is 32.3 Å². The third kappa shape index (κ3) is 4.75. The van der Waals surface area contributed by atoms with Gasteiger partial charge in [-0.25, -0.2) is 0 Å². The molecule has 0 saturated heterocycles. The Kier molecular flexibility index (Phi) is 6.82. The van der Waals surface area contributed by atoms with Crippen LogP contribution in [0.5, 0.6) is 0 Å². The zero-order valence-electron chi connectivity index (χ0n) is 13.6. The summed E-state index contributed by atoms with van der Waals surface area (Å²) in [4.78, 5) is 0. The van der Waals surface area contributed by atoms with E-state index >= 15 is 0 Å². The highest BCUT2D eigenvalue weighted by atomic mass is 16.3. The van der Waals surface area contributed by atoms with Crippen LogP contribution in [0.15, 0.2) is 0 Å². The van der Waals surface area contributed by atoms with Crippen LogP contribution >= 0.6 is 0 Å². The van der Waals surface area contributed by atoms with Gasteiger partial charge in [0.05, 0.1) is 0 Å². The molecule has 0 atom stereocenters. The molecule has 0 amide bonds. The molecule has 0 aromatic carbocycles. The molecule has 0 spiro atoms. The Morgan fingerprint density at radius 2 is 1.74 bits per heavy atom. The smallest absolute Gasteiger partial charge is 0.0499 e. The number of nitrogens with one attached hydrogen (secondary N) is 1. The van der Waals surface area contributed by atoms with E-state index in [1.54, 1.807) is 0 Å². The first-order chi connectivity index (χ1) is 9.01. The van der Waals surface area contributed by atoms with E-state index in [0.29, 0.717) is 12.0 Å². The lowest BCUT2D eigenvalue weighted by molar-refractivity contribution is 0.106. The maximum atomic E-state index is 9.64. The fourth-order valence-corrected chi connectivity index (χ4v) is 3.82. The Balaban J connectivity index is 2.48. The van der Waals surface area contributed by atoms with Gasteiger partial charge in [0.2, 0.25) is 0 Å². The van der Waals surface area contributed by atoms with Crippen LogP contribution in [0.3, 0.4) is 0 Å². The van der Waals surface area contributed by atoms with E-state index in [9.17, 15) is 5.11 Å². The zero-order valence-corrected chi connectivity index (χ0v) is 13.6. The lowest BCUT2D eigenvalue weighted by Crippen LogP contribution is -2.41. The number of aliphatic hydroxyl groups excluding tert-OH is 1. The minimum Gasteiger partial charge on any atom is -0.396 e. The van der Waals surface area contributed by atoms with E-state index < -0.39 is 0 Å². The summed E-state index contributed by atoms with van der Waals surface area (Å²) in [5.74, 6) is 0.792. The molecule has 2 heteroatoms. The van der Waals surface area contributed by atoms with Gasteiger partial charge in [-0.3, -0.25) is 0 Å². The van der Waals surface area contributed by atoms with Crippen molar-refractivity contribution in [2.75, 3.05) is 19.7 Å². The third-order valence-electron chi connectivity index (χ3n) is 5.34. The second-order valence-electron chi connectivity index (χ2n) is 7.27. The maximum absolute atomic E-state index is 9.64. The molecule has 0 aromatic rings. The molecule has 1 saturated carbocycles. The van der Waals surface area contributed by atoms with Crippen molar-refractivity contribution in [3.8, 4) is 0 Å². The normalized spacial score (nSPS) is 19.3. The van der Waals surface area contributed by atoms with Crippen LogP contribution < -0.4 is 5.32 Å². The first kappa shape index (κ1) is 17.0. The third-order valence-corrected chi connectivity index (χ3v) is 5.34. The molecular formula is C17H35NO. The van der Waals surface area contributed by atoms with Gasteiger partial charge in [0, 0.05) is 25.1 Å². The SMILES string of the molecule is CCC(CC)(CO)CNCC1(CC(C)C)CCCC1. The number of hydrogen-bond acceptors (Lipinski definition) is 2. The molecule has 19 heavy (non-hydrogen) atoms. The van der Waals surface area contributed by atoms with Gasteiger partial charge in [-0.2, -0.15) is 0 Å². The molecule has 1 fully saturated rings. The van der Waals surface area contributed by atoms with Crippen LogP contribution in [0, 0.1) is 16.7 Å². The van der Waals surface area contributed by atoms with Crippen molar-refractivity contribution in [3.63, 3.8) is 0 Å². The Hall–Kier alpha value is -0.0800. The molecule has 0 aromatic heterocycles. The Labute approximate surface area is 120 Å². The summed E-state index contributed by atoms with van der Waals surface area (Å²) >= 11 is 0. The highest BCUT2D eigenvalue weighted by molar-refractivity contribution is 4.89. The highest BCUT2D eigenvalue weighted by Gasteiger charge is 2.35. The molecule has 0 aliphatic heterocycles. The summed E-state index contributed by atoms with van der Waals surface area (Å²) in [6.07, 6.45) is 9.06. The summed E-state index contributed by atoms with van der Waals surface area (Å²) in [5, 5.41) is 13.3. The van der Waals surface area contributed by atoms with Crippen LogP contribution in [-0.2, 0) is 0 Å². The van der Waals surface area contributed by atoms with Crippen molar-refractivity contribution < 1.29 is 5.11 Å². The minimum atomic E-state index is 0.0949. The molecule has 0 heterocycles. The van der Waals surface area contributed by atoms with Crippen molar-refractivity contribution in [3.05, 3.63) is 0 Å². The largest absolute Gasteiger partial charge is 0.396 e. The Morgan fingerprint density at radius 1 is 1.16 bits per heavy atom.